The van der Waals surface area contributed by atoms with Gasteiger partial charge < -0.3 is 9.84 Å². The lowest BCUT2D eigenvalue weighted by molar-refractivity contribution is 0.156. The number of hydrogen-bond donors (Lipinski definition) is 2. The predicted octanol–water partition coefficient (Wildman–Crippen LogP) is -0.177. The molecule has 1 fully saturated rings. The third kappa shape index (κ3) is 3.83. The molecule has 1 saturated heterocycles. The van der Waals surface area contributed by atoms with Crippen LogP contribution in [0.1, 0.15) is 26.2 Å². The second kappa shape index (κ2) is 5.65. The summed E-state index contributed by atoms with van der Waals surface area (Å²) in [6.45, 7) is 1.96. The summed E-state index contributed by atoms with van der Waals surface area (Å²) in [5.74, 6) is 0. The first-order valence-corrected chi connectivity index (χ1v) is 6.86. The molecule has 0 radical (unpaired) electrons. The Bertz CT molecular complexity index is 368. The fraction of sp³-hybridized carbons (Fsp3) is 0.889. The maximum Gasteiger partial charge on any atom is 0.421 e. The number of methoxy groups -OCH3 is 1. The lowest BCUT2D eigenvalue weighted by atomic mass is 10.1. The van der Waals surface area contributed by atoms with E-state index in [9.17, 15) is 18.3 Å². The van der Waals surface area contributed by atoms with Gasteiger partial charge >= 0.3 is 16.3 Å². The third-order valence-electron chi connectivity index (χ3n) is 2.64. The lowest BCUT2D eigenvalue weighted by Crippen LogP contribution is -2.46. The van der Waals surface area contributed by atoms with E-state index in [2.05, 4.69) is 4.74 Å². The molecule has 0 saturated carbocycles. The van der Waals surface area contributed by atoms with Gasteiger partial charge in [0.15, 0.2) is 0 Å². The summed E-state index contributed by atoms with van der Waals surface area (Å²) < 4.78 is 30.9. The van der Waals surface area contributed by atoms with Crippen molar-refractivity contribution in [2.45, 2.75) is 38.3 Å². The molecule has 1 aliphatic heterocycles. The van der Waals surface area contributed by atoms with Crippen LogP contribution in [0, 0.1) is 0 Å². The molecule has 2 N–H and O–H groups in total. The maximum atomic E-state index is 11.8. The average Bonchev–Trinajstić information content (AvgIpc) is 2.64. The summed E-state index contributed by atoms with van der Waals surface area (Å²) in [5.41, 5.74) is 0. The monoisotopic (exact) mass is 266 g/mol. The van der Waals surface area contributed by atoms with Crippen LogP contribution in [0.15, 0.2) is 0 Å². The van der Waals surface area contributed by atoms with Gasteiger partial charge in [0, 0.05) is 12.6 Å². The molecule has 1 heterocycles. The highest BCUT2D eigenvalue weighted by molar-refractivity contribution is 7.87. The summed E-state index contributed by atoms with van der Waals surface area (Å²) >= 11 is 0. The van der Waals surface area contributed by atoms with E-state index >= 15 is 0 Å². The van der Waals surface area contributed by atoms with Gasteiger partial charge in [0.2, 0.25) is 0 Å². The number of nitrogens with one attached hydrogen (secondary N) is 1. The number of nitrogens with zero attached hydrogens (tertiary/aromatic N) is 1. The van der Waals surface area contributed by atoms with Gasteiger partial charge in [-0.25, -0.2) is 9.52 Å². The van der Waals surface area contributed by atoms with E-state index in [4.69, 9.17) is 0 Å². The Balaban J connectivity index is 2.72. The molecule has 8 heteroatoms. The van der Waals surface area contributed by atoms with Crippen LogP contribution in [0.4, 0.5) is 4.79 Å². The van der Waals surface area contributed by atoms with E-state index in [-0.39, 0.29) is 6.04 Å². The minimum Gasteiger partial charge on any atom is -0.452 e. The first-order valence-electron chi connectivity index (χ1n) is 5.42. The summed E-state index contributed by atoms with van der Waals surface area (Å²) in [6, 6.07) is -0.267. The van der Waals surface area contributed by atoms with Crippen molar-refractivity contribution in [3.63, 3.8) is 0 Å². The van der Waals surface area contributed by atoms with Crippen molar-refractivity contribution < 1.29 is 23.1 Å². The molecule has 0 spiro atoms. The SMILES string of the molecule is COC(=O)NS(=O)(=O)N1CCCC1CC(C)O. The predicted molar refractivity (Wildman–Crippen MR) is 60.5 cm³/mol. The van der Waals surface area contributed by atoms with Gasteiger partial charge in [-0.15, -0.1) is 0 Å². The third-order valence-corrected chi connectivity index (χ3v) is 4.17. The van der Waals surface area contributed by atoms with Crippen molar-refractivity contribution in [2.75, 3.05) is 13.7 Å². The van der Waals surface area contributed by atoms with Crippen LogP contribution in [0.3, 0.4) is 0 Å². The fourth-order valence-electron chi connectivity index (χ4n) is 1.96. The van der Waals surface area contributed by atoms with Gasteiger partial charge in [0.25, 0.3) is 0 Å². The molecule has 1 aliphatic rings. The molecule has 0 aromatic heterocycles. The summed E-state index contributed by atoms with van der Waals surface area (Å²) in [6.07, 6.45) is 0.191. The largest absolute Gasteiger partial charge is 0.452 e. The molecule has 2 atom stereocenters. The Morgan fingerprint density at radius 2 is 2.29 bits per heavy atom. The number of rotatable bonds is 4. The smallest absolute Gasteiger partial charge is 0.421 e. The standard InChI is InChI=1S/C9H18N2O5S/c1-7(12)6-8-4-3-5-11(8)17(14,15)10-9(13)16-2/h7-8,12H,3-6H2,1-2H3,(H,10,13). The molecular weight excluding hydrogens is 248 g/mol. The van der Waals surface area contributed by atoms with Gasteiger partial charge in [-0.05, 0) is 26.2 Å². The molecule has 7 nitrogen and oxygen atoms in total. The van der Waals surface area contributed by atoms with Crippen molar-refractivity contribution >= 4 is 16.3 Å². The number of carbonyl (C=O) groups is 1. The van der Waals surface area contributed by atoms with Crippen LogP contribution in [-0.2, 0) is 14.9 Å². The minimum absolute atomic E-state index is 0.267. The van der Waals surface area contributed by atoms with Gasteiger partial charge in [-0.2, -0.15) is 12.7 Å². The summed E-state index contributed by atoms with van der Waals surface area (Å²) in [4.78, 5) is 10.9. The van der Waals surface area contributed by atoms with E-state index in [1.54, 1.807) is 11.6 Å². The first kappa shape index (κ1) is 14.2. The zero-order chi connectivity index (χ0) is 13.1. The van der Waals surface area contributed by atoms with Crippen molar-refractivity contribution in [3.8, 4) is 0 Å². The quantitative estimate of drug-likeness (QED) is 0.736. The van der Waals surface area contributed by atoms with E-state index in [0.29, 0.717) is 19.4 Å². The Morgan fingerprint density at radius 1 is 1.65 bits per heavy atom. The van der Waals surface area contributed by atoms with E-state index in [0.717, 1.165) is 13.5 Å². The highest BCUT2D eigenvalue weighted by Crippen LogP contribution is 2.23. The molecule has 17 heavy (non-hydrogen) atoms. The van der Waals surface area contributed by atoms with Gasteiger partial charge in [0.05, 0.1) is 13.2 Å². The van der Waals surface area contributed by atoms with Crippen molar-refractivity contribution in [1.29, 1.82) is 0 Å². The zero-order valence-electron chi connectivity index (χ0n) is 9.92. The van der Waals surface area contributed by atoms with Gasteiger partial charge in [-0.3, -0.25) is 0 Å². The minimum atomic E-state index is -3.87. The van der Waals surface area contributed by atoms with Crippen molar-refractivity contribution in [1.82, 2.24) is 9.03 Å². The van der Waals surface area contributed by atoms with E-state index in [1.165, 1.54) is 4.31 Å². The van der Waals surface area contributed by atoms with E-state index < -0.39 is 22.4 Å². The second-order valence-electron chi connectivity index (χ2n) is 4.09. The molecule has 2 unspecified atom stereocenters. The molecular formula is C9H18N2O5S. The number of aliphatic hydroxyl groups is 1. The number of aliphatic hydroxyl groups excluding tert-OH is 1. The fourth-order valence-corrected chi connectivity index (χ4v) is 3.33. The summed E-state index contributed by atoms with van der Waals surface area (Å²) in [5, 5.41) is 9.29. The van der Waals surface area contributed by atoms with Crippen molar-refractivity contribution in [2.24, 2.45) is 0 Å². The highest BCUT2D eigenvalue weighted by Gasteiger charge is 2.35. The topological polar surface area (TPSA) is 95.9 Å². The molecule has 0 aliphatic carbocycles. The maximum absolute atomic E-state index is 11.8. The Morgan fingerprint density at radius 3 is 2.82 bits per heavy atom. The van der Waals surface area contributed by atoms with Gasteiger partial charge in [0.1, 0.15) is 0 Å². The van der Waals surface area contributed by atoms with Crippen LogP contribution in [0.25, 0.3) is 0 Å². The molecule has 0 aromatic rings. The summed E-state index contributed by atoms with van der Waals surface area (Å²) in [7, 11) is -2.77. The highest BCUT2D eigenvalue weighted by atomic mass is 32.2. The van der Waals surface area contributed by atoms with Gasteiger partial charge in [-0.1, -0.05) is 0 Å². The zero-order valence-corrected chi connectivity index (χ0v) is 10.7. The number of ether oxygens (including phenoxy) is 1. The first-order chi connectivity index (χ1) is 7.86. The van der Waals surface area contributed by atoms with Crippen LogP contribution in [0.2, 0.25) is 0 Å². The Labute approximate surface area is 101 Å². The number of amides is 1. The number of carbonyl (C=O) groups excluding carboxylic acids is 1. The van der Waals surface area contributed by atoms with Crippen LogP contribution in [-0.4, -0.2) is 49.7 Å². The normalized spacial score (nSPS) is 23.4. The van der Waals surface area contributed by atoms with Crippen LogP contribution in [0.5, 0.6) is 0 Å². The molecule has 0 bridgehead atoms. The lowest BCUT2D eigenvalue weighted by Gasteiger charge is -2.24. The van der Waals surface area contributed by atoms with Crippen LogP contribution < -0.4 is 4.72 Å². The molecule has 0 aromatic carbocycles. The Kier molecular flexibility index (Phi) is 4.72. The molecule has 1 amide bonds. The van der Waals surface area contributed by atoms with E-state index in [1.807, 2.05) is 0 Å². The Hall–Kier alpha value is -0.860. The second-order valence-corrected chi connectivity index (χ2v) is 5.71. The average molecular weight is 266 g/mol. The molecule has 1 rings (SSSR count). The number of hydrogen-bond acceptors (Lipinski definition) is 5. The van der Waals surface area contributed by atoms with Crippen LogP contribution >= 0.6 is 0 Å². The molecule has 100 valence electrons. The van der Waals surface area contributed by atoms with Crippen molar-refractivity contribution in [3.05, 3.63) is 0 Å².